The minimum Gasteiger partial charge on any atom is -0.454 e. The van der Waals surface area contributed by atoms with E-state index in [1.807, 2.05) is 5.32 Å². The van der Waals surface area contributed by atoms with Gasteiger partial charge >= 0.3 is 18.0 Å². The molecule has 1 aliphatic heterocycles. The van der Waals surface area contributed by atoms with Crippen LogP contribution in [0.3, 0.4) is 0 Å². The number of esters is 1. The van der Waals surface area contributed by atoms with E-state index < -0.39 is 54.1 Å². The highest BCUT2D eigenvalue weighted by molar-refractivity contribution is 6.08. The van der Waals surface area contributed by atoms with E-state index in [2.05, 4.69) is 10.6 Å². The lowest BCUT2D eigenvalue weighted by Gasteiger charge is -2.20. The fraction of sp³-hybridized carbons (Fsp3) is 0.667. The first-order chi connectivity index (χ1) is 11.4. The summed E-state index contributed by atoms with van der Waals surface area (Å²) in [6.45, 7) is 7.18. The highest BCUT2D eigenvalue weighted by Gasteiger charge is 2.47. The van der Waals surface area contributed by atoms with Crippen LogP contribution in [0, 0.1) is 0 Å². The minimum atomic E-state index is -1.06. The monoisotopic (exact) mass is 356 g/mol. The Labute approximate surface area is 145 Å². The summed E-state index contributed by atoms with van der Waals surface area (Å²) in [4.78, 5) is 59.4. The van der Waals surface area contributed by atoms with Gasteiger partial charge in [0, 0.05) is 5.54 Å². The van der Waals surface area contributed by atoms with Gasteiger partial charge in [0.05, 0.1) is 0 Å². The van der Waals surface area contributed by atoms with Gasteiger partial charge in [-0.1, -0.05) is 6.92 Å². The molecule has 0 saturated carbocycles. The molecule has 0 aromatic carbocycles. The second-order valence-corrected chi connectivity index (χ2v) is 6.92. The molecular formula is C15H24N4O6. The predicted octanol–water partition coefficient (Wildman–Crippen LogP) is -0.126. The van der Waals surface area contributed by atoms with Gasteiger partial charge in [-0.05, 0) is 34.1 Å². The largest absolute Gasteiger partial charge is 0.454 e. The zero-order valence-corrected chi connectivity index (χ0v) is 15.0. The van der Waals surface area contributed by atoms with Crippen molar-refractivity contribution in [3.63, 3.8) is 0 Å². The van der Waals surface area contributed by atoms with Gasteiger partial charge in [-0.25, -0.2) is 9.59 Å². The molecule has 1 aliphatic rings. The van der Waals surface area contributed by atoms with Crippen LogP contribution < -0.4 is 16.0 Å². The zero-order valence-electron chi connectivity index (χ0n) is 15.0. The lowest BCUT2D eigenvalue weighted by molar-refractivity contribution is -0.150. The van der Waals surface area contributed by atoms with Crippen molar-refractivity contribution >= 4 is 29.8 Å². The first kappa shape index (κ1) is 20.4. The van der Waals surface area contributed by atoms with Crippen LogP contribution >= 0.6 is 0 Å². The normalized spacial score (nSPS) is 20.1. The third kappa shape index (κ3) is 5.73. The van der Waals surface area contributed by atoms with Crippen molar-refractivity contribution < 1.29 is 28.7 Å². The molecular weight excluding hydrogens is 332 g/mol. The average molecular weight is 356 g/mol. The molecule has 0 radical (unpaired) electrons. The number of carbonyl (C=O) groups excluding carboxylic acids is 5. The molecule has 0 aromatic heterocycles. The first-order valence-electron chi connectivity index (χ1n) is 7.79. The average Bonchev–Trinajstić information content (AvgIpc) is 2.67. The predicted molar refractivity (Wildman–Crippen MR) is 86.3 cm³/mol. The Hall–Kier alpha value is -2.65. The summed E-state index contributed by atoms with van der Waals surface area (Å²) in [7, 11) is 0. The zero-order chi connectivity index (χ0) is 19.4. The lowest BCUT2D eigenvalue weighted by atomic mass is 9.99. The quantitative estimate of drug-likeness (QED) is 0.464. The van der Waals surface area contributed by atoms with Gasteiger partial charge in [0.2, 0.25) is 0 Å². The number of urea groups is 2. The topological polar surface area (TPSA) is 134 Å². The summed E-state index contributed by atoms with van der Waals surface area (Å²) in [6.07, 6.45) is 0.369. The lowest BCUT2D eigenvalue weighted by Crippen LogP contribution is -2.49. The Kier molecular flexibility index (Phi) is 6.11. The van der Waals surface area contributed by atoms with E-state index in [9.17, 15) is 24.0 Å². The Bertz CT molecular complexity index is 597. The molecule has 140 valence electrons. The molecule has 1 saturated heterocycles. The van der Waals surface area contributed by atoms with E-state index in [-0.39, 0.29) is 0 Å². The van der Waals surface area contributed by atoms with Crippen molar-refractivity contribution in [3.05, 3.63) is 0 Å². The third-order valence-electron chi connectivity index (χ3n) is 3.45. The maximum atomic E-state index is 12.1. The molecule has 0 spiro atoms. The Balaban J connectivity index is 2.45. The number of hydrogen-bond donors (Lipinski definition) is 3. The molecule has 1 rings (SSSR count). The molecule has 10 heteroatoms. The van der Waals surface area contributed by atoms with Crippen molar-refractivity contribution in [2.75, 3.05) is 13.2 Å². The maximum Gasteiger partial charge on any atom is 0.326 e. The van der Waals surface area contributed by atoms with Crippen molar-refractivity contribution in [3.8, 4) is 0 Å². The number of ether oxygens (including phenoxy) is 1. The SMILES string of the molecule is CC[C@]1(C)NC(=O)N(CC(=O)OCC(=O)NC(=O)NC(C)(C)C)C1=O. The molecule has 6 amide bonds. The summed E-state index contributed by atoms with van der Waals surface area (Å²) < 4.78 is 4.69. The number of imide groups is 2. The molecule has 0 unspecified atom stereocenters. The summed E-state index contributed by atoms with van der Waals surface area (Å²) >= 11 is 0. The van der Waals surface area contributed by atoms with Crippen LogP contribution in [0.25, 0.3) is 0 Å². The minimum absolute atomic E-state index is 0.369. The molecule has 3 N–H and O–H groups in total. The summed E-state index contributed by atoms with van der Waals surface area (Å²) in [5.74, 6) is -2.30. The van der Waals surface area contributed by atoms with E-state index in [1.165, 1.54) is 0 Å². The Morgan fingerprint density at radius 1 is 1.24 bits per heavy atom. The summed E-state index contributed by atoms with van der Waals surface area (Å²) in [5, 5.41) is 7.00. The molecule has 1 heterocycles. The van der Waals surface area contributed by atoms with Gasteiger partial charge in [-0.3, -0.25) is 24.6 Å². The van der Waals surface area contributed by atoms with Crippen LogP contribution in [0.5, 0.6) is 0 Å². The second kappa shape index (κ2) is 7.49. The number of nitrogens with one attached hydrogen (secondary N) is 3. The Morgan fingerprint density at radius 3 is 2.32 bits per heavy atom. The van der Waals surface area contributed by atoms with Gasteiger partial charge in [0.25, 0.3) is 11.8 Å². The van der Waals surface area contributed by atoms with Crippen LogP contribution in [-0.4, -0.2) is 59.0 Å². The number of amides is 6. The molecule has 1 atom stereocenters. The molecule has 25 heavy (non-hydrogen) atoms. The highest BCUT2D eigenvalue weighted by atomic mass is 16.5. The molecule has 1 fully saturated rings. The van der Waals surface area contributed by atoms with Gasteiger partial charge in [0.15, 0.2) is 6.61 Å². The van der Waals surface area contributed by atoms with Crippen LogP contribution in [0.4, 0.5) is 9.59 Å². The molecule has 10 nitrogen and oxygen atoms in total. The van der Waals surface area contributed by atoms with Crippen LogP contribution in [0.2, 0.25) is 0 Å². The smallest absolute Gasteiger partial charge is 0.326 e. The standard InChI is InChI=1S/C15H24N4O6/c1-6-15(5)11(22)19(13(24)18-15)7-10(21)25-8-9(20)16-12(23)17-14(2,3)4/h6-8H2,1-5H3,(H,18,24)(H2,16,17,20,23)/t15-/m0/s1. The van der Waals surface area contributed by atoms with E-state index in [4.69, 9.17) is 4.74 Å². The number of hydrogen-bond acceptors (Lipinski definition) is 6. The Morgan fingerprint density at radius 2 is 1.84 bits per heavy atom. The van der Waals surface area contributed by atoms with Crippen LogP contribution in [0.15, 0.2) is 0 Å². The molecule has 0 aliphatic carbocycles. The van der Waals surface area contributed by atoms with Crippen molar-refractivity contribution in [2.24, 2.45) is 0 Å². The van der Waals surface area contributed by atoms with Gasteiger partial charge in [-0.2, -0.15) is 0 Å². The van der Waals surface area contributed by atoms with E-state index >= 15 is 0 Å². The van der Waals surface area contributed by atoms with Crippen LogP contribution in [-0.2, 0) is 19.1 Å². The van der Waals surface area contributed by atoms with Gasteiger partial charge in [0.1, 0.15) is 12.1 Å². The van der Waals surface area contributed by atoms with E-state index in [1.54, 1.807) is 34.6 Å². The summed E-state index contributed by atoms with van der Waals surface area (Å²) in [6, 6.07) is -1.42. The fourth-order valence-corrected chi connectivity index (χ4v) is 1.99. The van der Waals surface area contributed by atoms with Crippen molar-refractivity contribution in [1.82, 2.24) is 20.9 Å². The maximum absolute atomic E-state index is 12.1. The number of carbonyl (C=O) groups is 5. The van der Waals surface area contributed by atoms with Crippen molar-refractivity contribution in [1.29, 1.82) is 0 Å². The number of rotatable bonds is 5. The number of nitrogens with zero attached hydrogens (tertiary/aromatic N) is 1. The van der Waals surface area contributed by atoms with E-state index in [0.717, 1.165) is 4.90 Å². The first-order valence-corrected chi connectivity index (χ1v) is 7.79. The summed E-state index contributed by atoms with van der Waals surface area (Å²) in [5.41, 5.74) is -1.59. The second-order valence-electron chi connectivity index (χ2n) is 6.92. The molecule has 0 bridgehead atoms. The van der Waals surface area contributed by atoms with Gasteiger partial charge in [-0.15, -0.1) is 0 Å². The third-order valence-corrected chi connectivity index (χ3v) is 3.45. The van der Waals surface area contributed by atoms with Gasteiger partial charge < -0.3 is 15.4 Å². The van der Waals surface area contributed by atoms with Crippen LogP contribution in [0.1, 0.15) is 41.0 Å². The molecule has 0 aromatic rings. The highest BCUT2D eigenvalue weighted by Crippen LogP contribution is 2.20. The van der Waals surface area contributed by atoms with E-state index in [0.29, 0.717) is 6.42 Å². The van der Waals surface area contributed by atoms with Crippen molar-refractivity contribution in [2.45, 2.75) is 52.1 Å². The fourth-order valence-electron chi connectivity index (χ4n) is 1.99.